The molecule has 34 heavy (non-hydrogen) atoms. The lowest BCUT2D eigenvalue weighted by molar-refractivity contribution is -0.136. The number of carbonyl (C=O) groups is 2. The van der Waals surface area contributed by atoms with Gasteiger partial charge in [-0.3, -0.25) is 9.69 Å². The quantitative estimate of drug-likeness (QED) is 0.364. The van der Waals surface area contributed by atoms with Gasteiger partial charge < -0.3 is 14.2 Å². The number of esters is 1. The van der Waals surface area contributed by atoms with Crippen molar-refractivity contribution < 1.29 is 23.8 Å². The van der Waals surface area contributed by atoms with Crippen molar-refractivity contribution in [3.63, 3.8) is 0 Å². The molecule has 6 nitrogen and oxygen atoms in total. The zero-order chi connectivity index (χ0) is 24.1. The minimum absolute atomic E-state index is 0.235. The first kappa shape index (κ1) is 22.9. The SMILES string of the molecule is COC(=O)C1=C(C)N(c2ccc(OC)cc2)C(=O)/C1=C\c1cccc(OCc2ccccc2)c1. The lowest BCUT2D eigenvalue weighted by atomic mass is 10.0. The van der Waals surface area contributed by atoms with E-state index in [1.54, 1.807) is 44.4 Å². The van der Waals surface area contributed by atoms with Crippen LogP contribution in [-0.2, 0) is 20.9 Å². The number of hydrogen-bond donors (Lipinski definition) is 0. The summed E-state index contributed by atoms with van der Waals surface area (Å²) in [7, 11) is 2.88. The van der Waals surface area contributed by atoms with E-state index in [-0.39, 0.29) is 17.1 Å². The Morgan fingerprint density at radius 2 is 1.65 bits per heavy atom. The summed E-state index contributed by atoms with van der Waals surface area (Å²) in [5.41, 5.74) is 3.43. The van der Waals surface area contributed by atoms with Crippen molar-refractivity contribution in [3.05, 3.63) is 107 Å². The summed E-state index contributed by atoms with van der Waals surface area (Å²) < 4.78 is 16.1. The first-order valence-electron chi connectivity index (χ1n) is 10.8. The summed E-state index contributed by atoms with van der Waals surface area (Å²) in [6.07, 6.45) is 1.69. The molecule has 1 amide bonds. The van der Waals surface area contributed by atoms with Crippen molar-refractivity contribution >= 4 is 23.6 Å². The zero-order valence-electron chi connectivity index (χ0n) is 19.3. The Morgan fingerprint density at radius 3 is 2.32 bits per heavy atom. The predicted octanol–water partition coefficient (Wildman–Crippen LogP) is 5.15. The summed E-state index contributed by atoms with van der Waals surface area (Å²) in [5, 5.41) is 0. The van der Waals surface area contributed by atoms with Gasteiger partial charge in [0.2, 0.25) is 0 Å². The van der Waals surface area contributed by atoms with Crippen molar-refractivity contribution in [1.82, 2.24) is 0 Å². The van der Waals surface area contributed by atoms with E-state index in [1.165, 1.54) is 12.0 Å². The van der Waals surface area contributed by atoms with Gasteiger partial charge in [0.05, 0.1) is 25.4 Å². The van der Waals surface area contributed by atoms with Gasteiger partial charge in [0.25, 0.3) is 5.91 Å². The summed E-state index contributed by atoms with van der Waals surface area (Å²) in [6, 6.07) is 24.3. The number of hydrogen-bond acceptors (Lipinski definition) is 5. The van der Waals surface area contributed by atoms with Crippen LogP contribution in [0.2, 0.25) is 0 Å². The van der Waals surface area contributed by atoms with Crippen LogP contribution in [0.3, 0.4) is 0 Å². The summed E-state index contributed by atoms with van der Waals surface area (Å²) in [4.78, 5) is 27.6. The Labute approximate surface area is 198 Å². The lowest BCUT2D eigenvalue weighted by Crippen LogP contribution is -2.24. The first-order valence-corrected chi connectivity index (χ1v) is 10.8. The number of carbonyl (C=O) groups excluding carboxylic acids is 2. The molecule has 4 rings (SSSR count). The molecule has 6 heteroatoms. The molecule has 3 aromatic carbocycles. The summed E-state index contributed by atoms with van der Waals surface area (Å²) in [5.74, 6) is 0.465. The fourth-order valence-corrected chi connectivity index (χ4v) is 3.82. The van der Waals surface area contributed by atoms with E-state index in [1.807, 2.05) is 54.6 Å². The van der Waals surface area contributed by atoms with Crippen LogP contribution in [0.5, 0.6) is 11.5 Å². The van der Waals surface area contributed by atoms with Crippen LogP contribution in [0.15, 0.2) is 95.7 Å². The number of methoxy groups -OCH3 is 2. The molecule has 0 N–H and O–H groups in total. The largest absolute Gasteiger partial charge is 0.497 e. The van der Waals surface area contributed by atoms with E-state index in [2.05, 4.69) is 0 Å². The van der Waals surface area contributed by atoms with E-state index in [4.69, 9.17) is 14.2 Å². The van der Waals surface area contributed by atoms with E-state index < -0.39 is 5.97 Å². The van der Waals surface area contributed by atoms with E-state index in [0.29, 0.717) is 29.5 Å². The molecule has 0 radical (unpaired) electrons. The van der Waals surface area contributed by atoms with Crippen LogP contribution in [0.1, 0.15) is 18.1 Å². The molecule has 0 atom stereocenters. The standard InChI is InChI=1S/C28H25NO5/c1-19-26(28(31)33-3)25(27(30)29(19)22-12-14-23(32-2)15-13-22)17-21-10-7-11-24(16-21)34-18-20-8-5-4-6-9-20/h4-17H,18H2,1-3H3/b25-17-. The maximum Gasteiger partial charge on any atom is 0.340 e. The molecule has 0 aliphatic carbocycles. The maximum absolute atomic E-state index is 13.4. The number of rotatable bonds is 7. The normalized spacial score (nSPS) is 14.5. The molecular formula is C28H25NO5. The number of allylic oxidation sites excluding steroid dienone is 1. The van der Waals surface area contributed by atoms with Crippen LogP contribution in [0, 0.1) is 0 Å². The smallest absolute Gasteiger partial charge is 0.340 e. The van der Waals surface area contributed by atoms with Crippen LogP contribution < -0.4 is 14.4 Å². The second kappa shape index (κ2) is 10.1. The Hall–Kier alpha value is -4.32. The second-order valence-corrected chi connectivity index (χ2v) is 7.70. The Kier molecular flexibility index (Phi) is 6.78. The number of ether oxygens (including phenoxy) is 3. The van der Waals surface area contributed by atoms with Crippen molar-refractivity contribution in [2.45, 2.75) is 13.5 Å². The van der Waals surface area contributed by atoms with Crippen molar-refractivity contribution in [3.8, 4) is 11.5 Å². The molecule has 0 unspecified atom stereocenters. The van der Waals surface area contributed by atoms with E-state index in [0.717, 1.165) is 11.1 Å². The zero-order valence-corrected chi connectivity index (χ0v) is 19.3. The molecule has 0 bridgehead atoms. The molecule has 172 valence electrons. The molecule has 0 fully saturated rings. The van der Waals surface area contributed by atoms with Crippen LogP contribution in [-0.4, -0.2) is 26.1 Å². The van der Waals surface area contributed by atoms with Gasteiger partial charge in [-0.05, 0) is 60.5 Å². The molecule has 0 saturated carbocycles. The van der Waals surface area contributed by atoms with Crippen LogP contribution >= 0.6 is 0 Å². The highest BCUT2D eigenvalue weighted by Crippen LogP contribution is 2.36. The van der Waals surface area contributed by atoms with Gasteiger partial charge in [-0.1, -0.05) is 42.5 Å². The molecule has 0 saturated heterocycles. The van der Waals surface area contributed by atoms with Gasteiger partial charge in [-0.2, -0.15) is 0 Å². The monoisotopic (exact) mass is 455 g/mol. The number of amides is 1. The van der Waals surface area contributed by atoms with Crippen molar-refractivity contribution in [2.75, 3.05) is 19.1 Å². The molecular weight excluding hydrogens is 430 g/mol. The summed E-state index contributed by atoms with van der Waals surface area (Å²) in [6.45, 7) is 2.16. The molecule has 3 aromatic rings. The van der Waals surface area contributed by atoms with E-state index in [9.17, 15) is 9.59 Å². The van der Waals surface area contributed by atoms with Crippen molar-refractivity contribution in [2.24, 2.45) is 0 Å². The van der Waals surface area contributed by atoms with Crippen LogP contribution in [0.4, 0.5) is 5.69 Å². The molecule has 1 aliphatic heterocycles. The van der Waals surface area contributed by atoms with E-state index >= 15 is 0 Å². The number of nitrogens with zero attached hydrogens (tertiary/aromatic N) is 1. The molecule has 1 aliphatic rings. The van der Waals surface area contributed by atoms with Crippen LogP contribution in [0.25, 0.3) is 6.08 Å². The highest BCUT2D eigenvalue weighted by atomic mass is 16.5. The average molecular weight is 456 g/mol. The Balaban J connectivity index is 1.66. The highest BCUT2D eigenvalue weighted by molar-refractivity contribution is 6.23. The minimum Gasteiger partial charge on any atom is -0.497 e. The summed E-state index contributed by atoms with van der Waals surface area (Å²) >= 11 is 0. The fraction of sp³-hybridized carbons (Fsp3) is 0.143. The van der Waals surface area contributed by atoms with Gasteiger partial charge in [-0.25, -0.2) is 4.79 Å². The molecule has 1 heterocycles. The Bertz CT molecular complexity index is 1260. The third kappa shape index (κ3) is 4.71. The fourth-order valence-electron chi connectivity index (χ4n) is 3.82. The second-order valence-electron chi connectivity index (χ2n) is 7.70. The average Bonchev–Trinajstić information content (AvgIpc) is 3.12. The topological polar surface area (TPSA) is 65.1 Å². The van der Waals surface area contributed by atoms with Gasteiger partial charge in [0.1, 0.15) is 18.1 Å². The number of benzene rings is 3. The van der Waals surface area contributed by atoms with Gasteiger partial charge >= 0.3 is 5.97 Å². The first-order chi connectivity index (χ1) is 16.5. The highest BCUT2D eigenvalue weighted by Gasteiger charge is 2.37. The lowest BCUT2D eigenvalue weighted by Gasteiger charge is -2.18. The Morgan fingerprint density at radius 1 is 0.912 bits per heavy atom. The molecule has 0 aromatic heterocycles. The molecule has 0 spiro atoms. The van der Waals surface area contributed by atoms with Gasteiger partial charge in [-0.15, -0.1) is 0 Å². The van der Waals surface area contributed by atoms with Gasteiger partial charge in [0.15, 0.2) is 0 Å². The van der Waals surface area contributed by atoms with Crippen molar-refractivity contribution in [1.29, 1.82) is 0 Å². The minimum atomic E-state index is -0.565. The third-order valence-corrected chi connectivity index (χ3v) is 5.54. The predicted molar refractivity (Wildman–Crippen MR) is 130 cm³/mol. The maximum atomic E-state index is 13.4. The third-order valence-electron chi connectivity index (χ3n) is 5.54. The van der Waals surface area contributed by atoms with Gasteiger partial charge in [0, 0.05) is 11.4 Å². The number of anilines is 1.